The molecule has 0 saturated carbocycles. The third-order valence-corrected chi connectivity index (χ3v) is 3.69. The highest BCUT2D eigenvalue weighted by atomic mass is 79.9. The third-order valence-electron chi connectivity index (χ3n) is 2.92. The van der Waals surface area contributed by atoms with Gasteiger partial charge in [0, 0.05) is 36.4 Å². The monoisotopic (exact) mass is 307 g/mol. The quantitative estimate of drug-likeness (QED) is 0.920. The predicted molar refractivity (Wildman–Crippen MR) is 77.3 cm³/mol. The largest absolute Gasteiger partial charge is 0.308 e. The van der Waals surface area contributed by atoms with Crippen molar-refractivity contribution in [3.05, 3.63) is 51.8 Å². The van der Waals surface area contributed by atoms with Crippen molar-refractivity contribution in [2.45, 2.75) is 26.4 Å². The van der Waals surface area contributed by atoms with E-state index in [1.165, 1.54) is 16.8 Å². The van der Waals surface area contributed by atoms with E-state index in [4.69, 9.17) is 0 Å². The van der Waals surface area contributed by atoms with E-state index in [2.05, 4.69) is 57.7 Å². The van der Waals surface area contributed by atoms with Crippen molar-refractivity contribution in [2.75, 3.05) is 0 Å². The Labute approximate surface area is 116 Å². The van der Waals surface area contributed by atoms with E-state index in [0.717, 1.165) is 24.0 Å². The van der Waals surface area contributed by atoms with Gasteiger partial charge in [-0.15, -0.1) is 0 Å². The van der Waals surface area contributed by atoms with Crippen molar-refractivity contribution < 1.29 is 0 Å². The summed E-state index contributed by atoms with van der Waals surface area (Å²) >= 11 is 3.56. The van der Waals surface area contributed by atoms with E-state index >= 15 is 0 Å². The average molecular weight is 308 g/mol. The number of benzene rings is 1. The SMILES string of the molecule is CCc1nn(C)cc1CNCc1ccccc1Br. The number of rotatable bonds is 5. The molecule has 1 N–H and O–H groups in total. The van der Waals surface area contributed by atoms with Crippen molar-refractivity contribution in [3.8, 4) is 0 Å². The van der Waals surface area contributed by atoms with Gasteiger partial charge in [0.2, 0.25) is 0 Å². The van der Waals surface area contributed by atoms with Crippen LogP contribution in [0.2, 0.25) is 0 Å². The molecule has 1 aromatic heterocycles. The van der Waals surface area contributed by atoms with E-state index in [9.17, 15) is 0 Å². The Kier molecular flexibility index (Phi) is 4.55. The first-order chi connectivity index (χ1) is 8.70. The lowest BCUT2D eigenvalue weighted by Crippen LogP contribution is -2.13. The topological polar surface area (TPSA) is 29.9 Å². The molecule has 0 aliphatic heterocycles. The van der Waals surface area contributed by atoms with Crippen LogP contribution >= 0.6 is 15.9 Å². The molecular weight excluding hydrogens is 290 g/mol. The molecule has 1 aromatic carbocycles. The van der Waals surface area contributed by atoms with Gasteiger partial charge in [-0.3, -0.25) is 4.68 Å². The summed E-state index contributed by atoms with van der Waals surface area (Å²) in [6, 6.07) is 8.28. The second-order valence-electron chi connectivity index (χ2n) is 4.32. The maximum absolute atomic E-state index is 4.44. The summed E-state index contributed by atoms with van der Waals surface area (Å²) in [7, 11) is 1.97. The summed E-state index contributed by atoms with van der Waals surface area (Å²) in [6.07, 6.45) is 3.07. The van der Waals surface area contributed by atoms with E-state index in [0.29, 0.717) is 0 Å². The van der Waals surface area contributed by atoms with Crippen LogP contribution in [-0.4, -0.2) is 9.78 Å². The maximum Gasteiger partial charge on any atom is 0.0666 e. The number of hydrogen-bond acceptors (Lipinski definition) is 2. The molecule has 0 fully saturated rings. The van der Waals surface area contributed by atoms with Gasteiger partial charge in [0.25, 0.3) is 0 Å². The Morgan fingerprint density at radius 1 is 1.22 bits per heavy atom. The molecule has 1 heterocycles. The molecule has 0 unspecified atom stereocenters. The van der Waals surface area contributed by atoms with Crippen LogP contribution in [0.15, 0.2) is 34.9 Å². The van der Waals surface area contributed by atoms with Crippen LogP contribution in [0.4, 0.5) is 0 Å². The van der Waals surface area contributed by atoms with Crippen LogP contribution in [0, 0.1) is 0 Å². The van der Waals surface area contributed by atoms with Crippen LogP contribution in [0.3, 0.4) is 0 Å². The first-order valence-corrected chi connectivity index (χ1v) is 6.95. The van der Waals surface area contributed by atoms with Crippen molar-refractivity contribution in [3.63, 3.8) is 0 Å². The minimum absolute atomic E-state index is 0.859. The van der Waals surface area contributed by atoms with E-state index < -0.39 is 0 Å². The van der Waals surface area contributed by atoms with Gasteiger partial charge in [-0.05, 0) is 18.1 Å². The Balaban J connectivity index is 1.94. The zero-order valence-electron chi connectivity index (χ0n) is 10.8. The van der Waals surface area contributed by atoms with Gasteiger partial charge in [0.1, 0.15) is 0 Å². The highest BCUT2D eigenvalue weighted by Crippen LogP contribution is 2.15. The highest BCUT2D eigenvalue weighted by Gasteiger charge is 2.05. The lowest BCUT2D eigenvalue weighted by atomic mass is 10.2. The Morgan fingerprint density at radius 3 is 2.67 bits per heavy atom. The molecule has 4 heteroatoms. The summed E-state index contributed by atoms with van der Waals surface area (Å²) in [4.78, 5) is 0. The molecule has 0 bridgehead atoms. The number of aryl methyl sites for hydroxylation is 2. The van der Waals surface area contributed by atoms with Gasteiger partial charge in [-0.2, -0.15) is 5.10 Å². The molecule has 0 spiro atoms. The molecule has 0 atom stereocenters. The Hall–Kier alpha value is -1.13. The smallest absolute Gasteiger partial charge is 0.0666 e. The van der Waals surface area contributed by atoms with Gasteiger partial charge in [-0.1, -0.05) is 41.1 Å². The molecule has 0 aliphatic rings. The van der Waals surface area contributed by atoms with Crippen molar-refractivity contribution in [1.82, 2.24) is 15.1 Å². The molecule has 2 rings (SSSR count). The lowest BCUT2D eigenvalue weighted by Gasteiger charge is -2.06. The number of nitrogens with one attached hydrogen (secondary N) is 1. The van der Waals surface area contributed by atoms with Gasteiger partial charge >= 0.3 is 0 Å². The molecular formula is C14H18BrN3. The standard InChI is InChI=1S/C14H18BrN3/c1-3-14-12(10-18(2)17-14)9-16-8-11-6-4-5-7-13(11)15/h4-7,10,16H,3,8-9H2,1-2H3. The van der Waals surface area contributed by atoms with E-state index in [1.807, 2.05) is 17.8 Å². The molecule has 0 aliphatic carbocycles. The number of hydrogen-bond donors (Lipinski definition) is 1. The van der Waals surface area contributed by atoms with Crippen molar-refractivity contribution in [2.24, 2.45) is 7.05 Å². The van der Waals surface area contributed by atoms with Gasteiger partial charge in [-0.25, -0.2) is 0 Å². The number of halogens is 1. The first-order valence-electron chi connectivity index (χ1n) is 6.16. The lowest BCUT2D eigenvalue weighted by molar-refractivity contribution is 0.686. The molecule has 0 saturated heterocycles. The van der Waals surface area contributed by atoms with Crippen LogP contribution in [0.25, 0.3) is 0 Å². The summed E-state index contributed by atoms with van der Waals surface area (Å²) in [5.74, 6) is 0. The molecule has 18 heavy (non-hydrogen) atoms. The summed E-state index contributed by atoms with van der Waals surface area (Å²) < 4.78 is 3.04. The van der Waals surface area contributed by atoms with Crippen molar-refractivity contribution in [1.29, 1.82) is 0 Å². The Bertz CT molecular complexity index is 520. The van der Waals surface area contributed by atoms with Crippen molar-refractivity contribution >= 4 is 15.9 Å². The predicted octanol–water partition coefficient (Wildman–Crippen LogP) is 3.03. The molecule has 3 nitrogen and oxygen atoms in total. The number of aromatic nitrogens is 2. The highest BCUT2D eigenvalue weighted by molar-refractivity contribution is 9.10. The fourth-order valence-corrected chi connectivity index (χ4v) is 2.43. The molecule has 96 valence electrons. The zero-order valence-corrected chi connectivity index (χ0v) is 12.4. The second-order valence-corrected chi connectivity index (χ2v) is 5.18. The fraction of sp³-hybridized carbons (Fsp3) is 0.357. The fourth-order valence-electron chi connectivity index (χ4n) is 2.00. The van der Waals surface area contributed by atoms with Crippen LogP contribution in [-0.2, 0) is 26.6 Å². The van der Waals surface area contributed by atoms with Gasteiger partial charge in [0.05, 0.1) is 5.69 Å². The minimum atomic E-state index is 0.859. The van der Waals surface area contributed by atoms with Crippen LogP contribution in [0.5, 0.6) is 0 Å². The summed E-state index contributed by atoms with van der Waals surface area (Å²) in [5.41, 5.74) is 3.74. The van der Waals surface area contributed by atoms with E-state index in [-0.39, 0.29) is 0 Å². The molecule has 0 radical (unpaired) electrons. The van der Waals surface area contributed by atoms with Crippen LogP contribution in [0.1, 0.15) is 23.7 Å². The van der Waals surface area contributed by atoms with Gasteiger partial charge in [0.15, 0.2) is 0 Å². The summed E-state index contributed by atoms with van der Waals surface area (Å²) in [5, 5.41) is 7.90. The number of nitrogens with zero attached hydrogens (tertiary/aromatic N) is 2. The minimum Gasteiger partial charge on any atom is -0.308 e. The molecule has 2 aromatic rings. The maximum atomic E-state index is 4.44. The van der Waals surface area contributed by atoms with Crippen LogP contribution < -0.4 is 5.32 Å². The van der Waals surface area contributed by atoms with E-state index in [1.54, 1.807) is 0 Å². The third kappa shape index (κ3) is 3.21. The first kappa shape index (κ1) is 13.3. The second kappa shape index (κ2) is 6.16. The summed E-state index contributed by atoms with van der Waals surface area (Å²) in [6.45, 7) is 3.86. The average Bonchev–Trinajstić information content (AvgIpc) is 2.72. The Morgan fingerprint density at radius 2 is 1.94 bits per heavy atom. The molecule has 0 amide bonds. The van der Waals surface area contributed by atoms with Gasteiger partial charge < -0.3 is 5.32 Å². The normalized spacial score (nSPS) is 10.8. The zero-order chi connectivity index (χ0) is 13.0.